The number of nitrogens with zero attached hydrogens (tertiary/aromatic N) is 2. The van der Waals surface area contributed by atoms with Crippen LogP contribution in [0.5, 0.6) is 0 Å². The molecule has 0 saturated heterocycles. The molecule has 0 spiro atoms. The van der Waals surface area contributed by atoms with Crippen molar-refractivity contribution in [3.63, 3.8) is 0 Å². The Morgan fingerprint density at radius 2 is 1.74 bits per heavy atom. The van der Waals surface area contributed by atoms with E-state index in [-0.39, 0.29) is 0 Å². The van der Waals surface area contributed by atoms with Gasteiger partial charge in [0.1, 0.15) is 0 Å². The third-order valence-corrected chi connectivity index (χ3v) is 10.4. The van der Waals surface area contributed by atoms with Gasteiger partial charge in [-0.2, -0.15) is 0 Å². The van der Waals surface area contributed by atoms with E-state index < -0.39 is 0 Å². The molecule has 2 aromatic carbocycles. The average molecular weight is 527 g/mol. The van der Waals surface area contributed by atoms with Gasteiger partial charge in [0.15, 0.2) is 0 Å². The SMILES string of the molecule is C=C(C1CCCCC1)N(CC1CCC(c2ccc(CC)c(C)c2)CC1)c1cccc(-c2cnc(CC)s2)c1. The second-order valence-corrected chi connectivity index (χ2v) is 12.8. The second kappa shape index (κ2) is 12.6. The molecule has 0 aliphatic heterocycles. The molecule has 2 saturated carbocycles. The molecule has 2 nitrogen and oxygen atoms in total. The van der Waals surface area contributed by atoms with Gasteiger partial charge in [-0.25, -0.2) is 4.98 Å². The van der Waals surface area contributed by atoms with Gasteiger partial charge in [0.2, 0.25) is 0 Å². The van der Waals surface area contributed by atoms with Crippen LogP contribution in [-0.2, 0) is 12.8 Å². The number of anilines is 1. The van der Waals surface area contributed by atoms with Gasteiger partial charge in [0.05, 0.1) is 9.88 Å². The van der Waals surface area contributed by atoms with E-state index in [1.54, 1.807) is 5.56 Å². The van der Waals surface area contributed by atoms with Crippen molar-refractivity contribution in [2.45, 2.75) is 97.3 Å². The highest BCUT2D eigenvalue weighted by Gasteiger charge is 2.28. The normalized spacial score (nSPS) is 20.4. The standard InChI is InChI=1S/C35H46N2S/c1-5-28-19-20-31(21-25(28)3)30-17-15-27(16-18-30)24-37(26(4)29-11-8-7-9-12-29)33-14-10-13-32(22-33)34-23-36-35(6-2)38-34/h10,13-14,19-23,27,29-30H,4-9,11-12,15-18,24H2,1-3H3. The highest BCUT2D eigenvalue weighted by Crippen LogP contribution is 2.40. The van der Waals surface area contributed by atoms with Crippen LogP contribution in [0.3, 0.4) is 0 Å². The predicted molar refractivity (Wildman–Crippen MR) is 165 cm³/mol. The lowest BCUT2D eigenvalue weighted by molar-refractivity contribution is 0.323. The van der Waals surface area contributed by atoms with E-state index >= 15 is 0 Å². The Morgan fingerprint density at radius 3 is 2.42 bits per heavy atom. The lowest BCUT2D eigenvalue weighted by atomic mass is 9.77. The molecule has 0 amide bonds. The van der Waals surface area contributed by atoms with Crippen LogP contribution in [0, 0.1) is 18.8 Å². The molecular formula is C35H46N2S. The third kappa shape index (κ3) is 6.25. The summed E-state index contributed by atoms with van der Waals surface area (Å²) >= 11 is 1.83. The summed E-state index contributed by atoms with van der Waals surface area (Å²) in [5.41, 5.74) is 8.48. The van der Waals surface area contributed by atoms with Crippen LogP contribution < -0.4 is 4.90 Å². The Bertz CT molecular complexity index is 1210. The highest BCUT2D eigenvalue weighted by atomic mass is 32.1. The molecule has 2 fully saturated rings. The van der Waals surface area contributed by atoms with Crippen LogP contribution in [-0.4, -0.2) is 11.5 Å². The molecule has 2 aliphatic carbocycles. The summed E-state index contributed by atoms with van der Waals surface area (Å²) in [6.45, 7) is 12.6. The number of rotatable bonds is 9. The number of benzene rings is 2. The topological polar surface area (TPSA) is 16.1 Å². The first-order valence-corrected chi connectivity index (χ1v) is 16.0. The van der Waals surface area contributed by atoms with E-state index in [9.17, 15) is 0 Å². The molecule has 1 aromatic heterocycles. The fraction of sp³-hybridized carbons (Fsp3) is 0.514. The summed E-state index contributed by atoms with van der Waals surface area (Å²) in [6.07, 6.45) is 16.1. The number of aryl methyl sites for hydroxylation is 3. The van der Waals surface area contributed by atoms with Gasteiger partial charge in [-0.3, -0.25) is 0 Å². The van der Waals surface area contributed by atoms with Gasteiger partial charge in [-0.05, 0) is 110 Å². The second-order valence-electron chi connectivity index (χ2n) is 11.7. The van der Waals surface area contributed by atoms with Gasteiger partial charge in [-0.15, -0.1) is 11.3 Å². The van der Waals surface area contributed by atoms with Crippen molar-refractivity contribution in [3.05, 3.63) is 82.6 Å². The number of hydrogen-bond acceptors (Lipinski definition) is 3. The number of thiazole rings is 1. The Kier molecular flexibility index (Phi) is 9.05. The van der Waals surface area contributed by atoms with Crippen molar-refractivity contribution in [2.75, 3.05) is 11.4 Å². The van der Waals surface area contributed by atoms with Crippen LogP contribution in [0.2, 0.25) is 0 Å². The van der Waals surface area contributed by atoms with Crippen molar-refractivity contribution in [1.82, 2.24) is 4.98 Å². The smallest absolute Gasteiger partial charge is 0.0928 e. The molecule has 0 N–H and O–H groups in total. The molecule has 0 radical (unpaired) electrons. The molecule has 1 heterocycles. The summed E-state index contributed by atoms with van der Waals surface area (Å²) in [5.74, 6) is 2.06. The monoisotopic (exact) mass is 526 g/mol. The maximum absolute atomic E-state index is 4.75. The lowest BCUT2D eigenvalue weighted by Gasteiger charge is -2.38. The fourth-order valence-electron chi connectivity index (χ4n) is 6.79. The van der Waals surface area contributed by atoms with Crippen LogP contribution >= 0.6 is 11.3 Å². The van der Waals surface area contributed by atoms with Crippen molar-refractivity contribution in [3.8, 4) is 10.4 Å². The Hall–Kier alpha value is -2.39. The van der Waals surface area contributed by atoms with E-state index in [4.69, 9.17) is 6.58 Å². The first-order chi connectivity index (χ1) is 18.6. The zero-order valence-corrected chi connectivity index (χ0v) is 24.7. The molecule has 2 aliphatic rings. The molecule has 3 aromatic rings. The molecule has 202 valence electrons. The first kappa shape index (κ1) is 27.2. The van der Waals surface area contributed by atoms with Crippen LogP contribution in [0.25, 0.3) is 10.4 Å². The molecule has 0 unspecified atom stereocenters. The quantitative estimate of drug-likeness (QED) is 0.276. The Balaban J connectivity index is 1.33. The van der Waals surface area contributed by atoms with E-state index in [1.807, 2.05) is 11.3 Å². The molecule has 0 bridgehead atoms. The first-order valence-electron chi connectivity index (χ1n) is 15.2. The fourth-order valence-corrected chi connectivity index (χ4v) is 7.64. The van der Waals surface area contributed by atoms with Crippen LogP contribution in [0.4, 0.5) is 5.69 Å². The summed E-state index contributed by atoms with van der Waals surface area (Å²) in [4.78, 5) is 8.51. The highest BCUT2D eigenvalue weighted by molar-refractivity contribution is 7.15. The Morgan fingerprint density at radius 1 is 0.947 bits per heavy atom. The summed E-state index contributed by atoms with van der Waals surface area (Å²) < 4.78 is 0. The van der Waals surface area contributed by atoms with Crippen molar-refractivity contribution >= 4 is 17.0 Å². The van der Waals surface area contributed by atoms with Crippen molar-refractivity contribution in [1.29, 1.82) is 0 Å². The van der Waals surface area contributed by atoms with Crippen molar-refractivity contribution in [2.24, 2.45) is 11.8 Å². The average Bonchev–Trinajstić information content (AvgIpc) is 3.46. The van der Waals surface area contributed by atoms with Gasteiger partial charge in [-0.1, -0.05) is 70.0 Å². The van der Waals surface area contributed by atoms with Gasteiger partial charge < -0.3 is 4.90 Å². The van der Waals surface area contributed by atoms with Crippen LogP contribution in [0.1, 0.15) is 99.3 Å². The number of allylic oxidation sites excluding steroid dienone is 1. The summed E-state index contributed by atoms with van der Waals surface area (Å²) in [7, 11) is 0. The predicted octanol–water partition coefficient (Wildman–Crippen LogP) is 10.1. The largest absolute Gasteiger partial charge is 0.345 e. The Labute approximate surface area is 235 Å². The zero-order valence-electron chi connectivity index (χ0n) is 23.8. The minimum atomic E-state index is 0.624. The van der Waals surface area contributed by atoms with E-state index in [0.29, 0.717) is 11.8 Å². The zero-order chi connectivity index (χ0) is 26.5. The molecular weight excluding hydrogens is 480 g/mol. The molecule has 0 atom stereocenters. The van der Waals surface area contributed by atoms with Gasteiger partial charge in [0.25, 0.3) is 0 Å². The van der Waals surface area contributed by atoms with Gasteiger partial charge >= 0.3 is 0 Å². The third-order valence-electron chi connectivity index (χ3n) is 9.23. The number of aromatic nitrogens is 1. The lowest BCUT2D eigenvalue weighted by Crippen LogP contribution is -2.33. The van der Waals surface area contributed by atoms with E-state index in [0.717, 1.165) is 25.3 Å². The minimum Gasteiger partial charge on any atom is -0.345 e. The molecule has 5 rings (SSSR count). The summed E-state index contributed by atoms with van der Waals surface area (Å²) in [5, 5.41) is 1.21. The number of hydrogen-bond donors (Lipinski definition) is 0. The molecule has 3 heteroatoms. The van der Waals surface area contributed by atoms with Gasteiger partial charge in [0, 0.05) is 24.1 Å². The summed E-state index contributed by atoms with van der Waals surface area (Å²) in [6, 6.07) is 16.4. The van der Waals surface area contributed by atoms with E-state index in [2.05, 4.69) is 79.3 Å². The maximum atomic E-state index is 4.75. The van der Waals surface area contributed by atoms with E-state index in [1.165, 1.54) is 95.7 Å². The van der Waals surface area contributed by atoms with Crippen LogP contribution in [0.15, 0.2) is 60.9 Å². The maximum Gasteiger partial charge on any atom is 0.0928 e. The minimum absolute atomic E-state index is 0.624. The molecule has 38 heavy (non-hydrogen) atoms. The van der Waals surface area contributed by atoms with Crippen molar-refractivity contribution < 1.29 is 0 Å².